The molecular formula is C11H13ClO2S. The van der Waals surface area contributed by atoms with Gasteiger partial charge in [0.05, 0.1) is 11.6 Å². The Kier molecular flexibility index (Phi) is 4.99. The molecule has 15 heavy (non-hydrogen) atoms. The number of hydrogen-bond acceptors (Lipinski definition) is 3. The topological polar surface area (TPSA) is 26.3 Å². The van der Waals surface area contributed by atoms with Crippen molar-refractivity contribution in [2.45, 2.75) is 6.92 Å². The number of rotatable bonds is 5. The van der Waals surface area contributed by atoms with E-state index in [4.69, 9.17) is 16.3 Å². The third kappa shape index (κ3) is 3.76. The van der Waals surface area contributed by atoms with Gasteiger partial charge in [-0.2, -0.15) is 11.8 Å². The van der Waals surface area contributed by atoms with E-state index in [2.05, 4.69) is 0 Å². The number of carbonyl (C=O) groups excluding carboxylic acids is 1. The molecule has 0 aliphatic heterocycles. The molecule has 1 aromatic carbocycles. The molecule has 1 aromatic rings. The maximum atomic E-state index is 11.1. The van der Waals surface area contributed by atoms with Gasteiger partial charge in [-0.3, -0.25) is 4.79 Å². The zero-order valence-corrected chi connectivity index (χ0v) is 10.3. The monoisotopic (exact) mass is 244 g/mol. The van der Waals surface area contributed by atoms with E-state index in [1.54, 1.807) is 30.0 Å². The van der Waals surface area contributed by atoms with Gasteiger partial charge in [-0.1, -0.05) is 11.6 Å². The Labute approximate surface area is 99.0 Å². The number of benzene rings is 1. The van der Waals surface area contributed by atoms with E-state index >= 15 is 0 Å². The molecule has 4 heteroatoms. The fourth-order valence-corrected chi connectivity index (χ4v) is 1.56. The first kappa shape index (κ1) is 12.4. The zero-order valence-electron chi connectivity index (χ0n) is 8.75. The smallest absolute Gasteiger partial charge is 0.159 e. The first-order valence-electron chi connectivity index (χ1n) is 4.57. The lowest BCUT2D eigenvalue weighted by molar-refractivity contribution is 0.101. The summed E-state index contributed by atoms with van der Waals surface area (Å²) in [5, 5.41) is 0.490. The lowest BCUT2D eigenvalue weighted by atomic mass is 10.1. The van der Waals surface area contributed by atoms with Crippen molar-refractivity contribution in [1.29, 1.82) is 0 Å². The van der Waals surface area contributed by atoms with Crippen LogP contribution in [0, 0.1) is 0 Å². The van der Waals surface area contributed by atoms with Crippen LogP contribution in [0.5, 0.6) is 5.75 Å². The number of carbonyl (C=O) groups is 1. The molecule has 0 unspecified atom stereocenters. The fourth-order valence-electron chi connectivity index (χ4n) is 1.07. The Hall–Kier alpha value is -0.670. The first-order chi connectivity index (χ1) is 7.15. The van der Waals surface area contributed by atoms with E-state index in [1.165, 1.54) is 6.92 Å². The van der Waals surface area contributed by atoms with Crippen LogP contribution in [0.1, 0.15) is 17.3 Å². The lowest BCUT2D eigenvalue weighted by Gasteiger charge is -2.07. The van der Waals surface area contributed by atoms with Gasteiger partial charge in [0, 0.05) is 11.3 Å². The lowest BCUT2D eigenvalue weighted by Crippen LogP contribution is -2.01. The highest BCUT2D eigenvalue weighted by Crippen LogP contribution is 2.25. The summed E-state index contributed by atoms with van der Waals surface area (Å²) in [6, 6.07) is 5.10. The Morgan fingerprint density at radius 1 is 1.53 bits per heavy atom. The van der Waals surface area contributed by atoms with Crippen LogP contribution in [-0.2, 0) is 0 Å². The minimum Gasteiger partial charge on any atom is -0.491 e. The molecule has 0 aliphatic rings. The normalized spacial score (nSPS) is 10.1. The summed E-state index contributed by atoms with van der Waals surface area (Å²) >= 11 is 7.68. The molecular weight excluding hydrogens is 232 g/mol. The molecule has 0 fully saturated rings. The first-order valence-corrected chi connectivity index (χ1v) is 6.34. The second kappa shape index (κ2) is 6.03. The van der Waals surface area contributed by atoms with Gasteiger partial charge >= 0.3 is 0 Å². The van der Waals surface area contributed by atoms with Crippen molar-refractivity contribution < 1.29 is 9.53 Å². The van der Waals surface area contributed by atoms with Crippen molar-refractivity contribution in [3.63, 3.8) is 0 Å². The van der Waals surface area contributed by atoms with Crippen molar-refractivity contribution in [2.75, 3.05) is 18.6 Å². The highest BCUT2D eigenvalue weighted by molar-refractivity contribution is 7.98. The molecule has 0 aromatic heterocycles. The third-order valence-corrected chi connectivity index (χ3v) is 2.75. The summed E-state index contributed by atoms with van der Waals surface area (Å²) in [4.78, 5) is 11.1. The molecule has 0 radical (unpaired) electrons. The minimum atomic E-state index is 0.00700. The average molecular weight is 245 g/mol. The number of ketones is 1. The molecule has 0 atom stereocenters. The number of Topliss-reactive ketones (excluding diaryl/α,β-unsaturated/α-hetero) is 1. The van der Waals surface area contributed by atoms with Crippen LogP contribution < -0.4 is 4.74 Å². The van der Waals surface area contributed by atoms with Gasteiger partial charge in [0.1, 0.15) is 5.75 Å². The molecule has 0 saturated carbocycles. The molecule has 0 amide bonds. The third-order valence-electron chi connectivity index (χ3n) is 1.88. The fraction of sp³-hybridized carbons (Fsp3) is 0.364. The number of hydrogen-bond donors (Lipinski definition) is 0. The summed E-state index contributed by atoms with van der Waals surface area (Å²) in [7, 11) is 0. The quantitative estimate of drug-likeness (QED) is 0.587. The van der Waals surface area contributed by atoms with E-state index in [-0.39, 0.29) is 5.78 Å². The predicted octanol–water partition coefficient (Wildman–Crippen LogP) is 3.28. The van der Waals surface area contributed by atoms with Gasteiger partial charge in [-0.05, 0) is 31.4 Å². The second-order valence-corrected chi connectivity index (χ2v) is 4.44. The average Bonchev–Trinajstić information content (AvgIpc) is 2.20. The second-order valence-electron chi connectivity index (χ2n) is 3.04. The molecule has 82 valence electrons. The largest absolute Gasteiger partial charge is 0.491 e. The van der Waals surface area contributed by atoms with Crippen molar-refractivity contribution in [3.8, 4) is 5.75 Å². The summed E-state index contributed by atoms with van der Waals surface area (Å²) < 4.78 is 5.45. The van der Waals surface area contributed by atoms with Gasteiger partial charge in [-0.15, -0.1) is 0 Å². The van der Waals surface area contributed by atoms with E-state index in [0.29, 0.717) is 22.9 Å². The van der Waals surface area contributed by atoms with Crippen LogP contribution in [0.25, 0.3) is 0 Å². The van der Waals surface area contributed by atoms with Crippen molar-refractivity contribution >= 4 is 29.1 Å². The van der Waals surface area contributed by atoms with Crippen LogP contribution >= 0.6 is 23.4 Å². The SMILES string of the molecule is CSCCOc1ccc(C(C)=O)cc1Cl. The van der Waals surface area contributed by atoms with Crippen LogP contribution in [0.3, 0.4) is 0 Å². The summed E-state index contributed by atoms with van der Waals surface area (Å²) in [6.07, 6.45) is 2.02. The molecule has 0 bridgehead atoms. The number of thioether (sulfide) groups is 1. The Morgan fingerprint density at radius 3 is 2.80 bits per heavy atom. The summed E-state index contributed by atoms with van der Waals surface area (Å²) in [5.74, 6) is 1.56. The molecule has 0 N–H and O–H groups in total. The zero-order chi connectivity index (χ0) is 11.3. The molecule has 0 heterocycles. The molecule has 0 spiro atoms. The van der Waals surface area contributed by atoms with Crippen molar-refractivity contribution in [2.24, 2.45) is 0 Å². The van der Waals surface area contributed by atoms with Gasteiger partial charge in [0.2, 0.25) is 0 Å². The van der Waals surface area contributed by atoms with E-state index < -0.39 is 0 Å². The van der Waals surface area contributed by atoms with E-state index in [1.807, 2.05) is 6.26 Å². The van der Waals surface area contributed by atoms with Crippen molar-refractivity contribution in [3.05, 3.63) is 28.8 Å². The van der Waals surface area contributed by atoms with Crippen LogP contribution in [0.15, 0.2) is 18.2 Å². The Bertz CT molecular complexity index is 352. The van der Waals surface area contributed by atoms with Crippen LogP contribution in [-0.4, -0.2) is 24.4 Å². The minimum absolute atomic E-state index is 0.00700. The highest BCUT2D eigenvalue weighted by atomic mass is 35.5. The summed E-state index contributed by atoms with van der Waals surface area (Å²) in [5.41, 5.74) is 0.609. The van der Waals surface area contributed by atoms with Gasteiger partial charge in [0.15, 0.2) is 5.78 Å². The van der Waals surface area contributed by atoms with Gasteiger partial charge < -0.3 is 4.74 Å². The Balaban J connectivity index is 2.70. The standard InChI is InChI=1S/C11H13ClO2S/c1-8(13)9-3-4-11(10(12)7-9)14-5-6-15-2/h3-4,7H,5-6H2,1-2H3. The van der Waals surface area contributed by atoms with Gasteiger partial charge in [-0.25, -0.2) is 0 Å². The number of ether oxygens (including phenoxy) is 1. The Morgan fingerprint density at radius 2 is 2.27 bits per heavy atom. The van der Waals surface area contributed by atoms with Crippen LogP contribution in [0.4, 0.5) is 0 Å². The number of halogens is 1. The summed E-state index contributed by atoms with van der Waals surface area (Å²) in [6.45, 7) is 2.14. The van der Waals surface area contributed by atoms with Gasteiger partial charge in [0.25, 0.3) is 0 Å². The van der Waals surface area contributed by atoms with Crippen LogP contribution in [0.2, 0.25) is 5.02 Å². The van der Waals surface area contributed by atoms with Crippen molar-refractivity contribution in [1.82, 2.24) is 0 Å². The maximum Gasteiger partial charge on any atom is 0.159 e. The molecule has 2 nitrogen and oxygen atoms in total. The molecule has 0 aliphatic carbocycles. The highest BCUT2D eigenvalue weighted by Gasteiger charge is 2.05. The van der Waals surface area contributed by atoms with E-state index in [9.17, 15) is 4.79 Å². The molecule has 0 saturated heterocycles. The predicted molar refractivity (Wildman–Crippen MR) is 65.3 cm³/mol. The maximum absolute atomic E-state index is 11.1. The van der Waals surface area contributed by atoms with E-state index in [0.717, 1.165) is 5.75 Å². The molecule has 1 rings (SSSR count).